The van der Waals surface area contributed by atoms with E-state index in [0.717, 1.165) is 95.4 Å². The van der Waals surface area contributed by atoms with E-state index in [1.54, 1.807) is 0 Å². The quantitative estimate of drug-likeness (QED) is 0.144. The molecule has 12 aromatic rings. The first-order chi connectivity index (χ1) is 34.7. The third-order valence-electron chi connectivity index (χ3n) is 13.6. The van der Waals surface area contributed by atoms with Crippen LogP contribution in [0.2, 0.25) is 0 Å². The van der Waals surface area contributed by atoms with Crippen molar-refractivity contribution in [2.75, 3.05) is 14.7 Å². The smallest absolute Gasteiger partial charge is 0.135 e. The van der Waals surface area contributed by atoms with Gasteiger partial charge in [-0.25, -0.2) is 0 Å². The zero-order chi connectivity index (χ0) is 46.4. The normalized spacial score (nSPS) is 11.9. The van der Waals surface area contributed by atoms with Crippen molar-refractivity contribution in [3.8, 4) is 44.5 Å². The predicted octanol–water partition coefficient (Wildman–Crippen LogP) is 19.0. The minimum Gasteiger partial charge on any atom is -0.456 e. The van der Waals surface area contributed by atoms with E-state index in [2.05, 4.69) is 276 Å². The standard InChI is InChI=1S/C66H45N3O/c1-4-14-46(15-5-1)48-24-34-55(35-25-48)67(56-36-26-49(27-37-56)47-16-6-2-7-17-47)57-38-28-51(29-39-57)53-32-42-63-64(45-53)69(54-18-8-3-9-19-54)62-22-12-11-21-61(62)68(63)58-40-30-50(31-41-58)52-33-43-66-60(44-52)59-20-10-13-23-65(59)70-66/h1-45H. The summed E-state index contributed by atoms with van der Waals surface area (Å²) in [5, 5.41) is 2.26. The number of benzene rings is 11. The third-order valence-corrected chi connectivity index (χ3v) is 13.6. The molecule has 4 heteroatoms. The Kier molecular flexibility index (Phi) is 10.1. The molecular formula is C66H45N3O. The highest BCUT2D eigenvalue weighted by atomic mass is 16.3. The Morgan fingerprint density at radius 1 is 0.243 bits per heavy atom. The van der Waals surface area contributed by atoms with Crippen molar-refractivity contribution in [1.29, 1.82) is 0 Å². The number of hydrogen-bond acceptors (Lipinski definition) is 4. The molecule has 1 aromatic heterocycles. The molecular weight excluding hydrogens is 851 g/mol. The molecule has 1 aliphatic heterocycles. The van der Waals surface area contributed by atoms with Crippen molar-refractivity contribution in [3.05, 3.63) is 273 Å². The van der Waals surface area contributed by atoms with Gasteiger partial charge in [-0.1, -0.05) is 170 Å². The van der Waals surface area contributed by atoms with Gasteiger partial charge in [0.2, 0.25) is 0 Å². The van der Waals surface area contributed by atoms with Crippen molar-refractivity contribution < 1.29 is 4.42 Å². The summed E-state index contributed by atoms with van der Waals surface area (Å²) < 4.78 is 6.15. The number of fused-ring (bicyclic) bond motifs is 5. The fourth-order valence-electron chi connectivity index (χ4n) is 10.1. The summed E-state index contributed by atoms with van der Waals surface area (Å²) >= 11 is 0. The van der Waals surface area contributed by atoms with Gasteiger partial charge in [0.25, 0.3) is 0 Å². The minimum atomic E-state index is 0.901. The van der Waals surface area contributed by atoms with Crippen molar-refractivity contribution in [3.63, 3.8) is 0 Å². The number of furan rings is 1. The maximum Gasteiger partial charge on any atom is 0.135 e. The van der Waals surface area contributed by atoms with Gasteiger partial charge < -0.3 is 19.1 Å². The molecule has 70 heavy (non-hydrogen) atoms. The summed E-state index contributed by atoms with van der Waals surface area (Å²) in [6.45, 7) is 0. The Labute approximate surface area is 407 Å². The first kappa shape index (κ1) is 40.9. The number of nitrogens with zero attached hydrogens (tertiary/aromatic N) is 3. The van der Waals surface area contributed by atoms with E-state index in [1.807, 2.05) is 12.1 Å². The lowest BCUT2D eigenvalue weighted by molar-refractivity contribution is 0.669. The van der Waals surface area contributed by atoms with Gasteiger partial charge in [0, 0.05) is 39.2 Å². The molecule has 0 saturated heterocycles. The highest BCUT2D eigenvalue weighted by Crippen LogP contribution is 2.55. The average Bonchev–Trinajstić information content (AvgIpc) is 3.82. The molecule has 0 unspecified atom stereocenters. The second-order valence-corrected chi connectivity index (χ2v) is 17.8. The van der Waals surface area contributed by atoms with Crippen LogP contribution in [0, 0.1) is 0 Å². The lowest BCUT2D eigenvalue weighted by Crippen LogP contribution is -2.24. The van der Waals surface area contributed by atoms with Gasteiger partial charge >= 0.3 is 0 Å². The van der Waals surface area contributed by atoms with Crippen molar-refractivity contribution in [2.24, 2.45) is 0 Å². The lowest BCUT2D eigenvalue weighted by Gasteiger charge is -2.40. The summed E-state index contributed by atoms with van der Waals surface area (Å²) in [5.74, 6) is 0. The van der Waals surface area contributed by atoms with Crippen LogP contribution in [-0.4, -0.2) is 0 Å². The van der Waals surface area contributed by atoms with E-state index in [-0.39, 0.29) is 0 Å². The zero-order valence-electron chi connectivity index (χ0n) is 38.2. The van der Waals surface area contributed by atoms with Gasteiger partial charge in [0.1, 0.15) is 11.2 Å². The molecule has 2 heterocycles. The largest absolute Gasteiger partial charge is 0.456 e. The van der Waals surface area contributed by atoms with Crippen molar-refractivity contribution in [1.82, 2.24) is 0 Å². The number of anilines is 9. The molecule has 330 valence electrons. The molecule has 0 atom stereocenters. The highest BCUT2D eigenvalue weighted by Gasteiger charge is 2.31. The highest BCUT2D eigenvalue weighted by molar-refractivity contribution is 6.07. The summed E-state index contributed by atoms with van der Waals surface area (Å²) in [5.41, 5.74) is 21.0. The van der Waals surface area contributed by atoms with E-state index in [1.165, 1.54) is 22.3 Å². The van der Waals surface area contributed by atoms with Crippen LogP contribution in [0.5, 0.6) is 0 Å². The number of rotatable bonds is 9. The Morgan fingerprint density at radius 3 is 1.19 bits per heavy atom. The molecule has 0 N–H and O–H groups in total. The van der Waals surface area contributed by atoms with Crippen LogP contribution in [0.1, 0.15) is 0 Å². The molecule has 0 spiro atoms. The van der Waals surface area contributed by atoms with Gasteiger partial charge in [0.05, 0.1) is 22.7 Å². The lowest BCUT2D eigenvalue weighted by atomic mass is 9.98. The van der Waals surface area contributed by atoms with Gasteiger partial charge in [-0.05, 0) is 148 Å². The number of hydrogen-bond donors (Lipinski definition) is 0. The topological polar surface area (TPSA) is 22.9 Å². The van der Waals surface area contributed by atoms with Crippen molar-refractivity contribution in [2.45, 2.75) is 0 Å². The van der Waals surface area contributed by atoms with Gasteiger partial charge in [0.15, 0.2) is 0 Å². The average molecular weight is 896 g/mol. The molecule has 11 aromatic carbocycles. The third kappa shape index (κ3) is 7.36. The van der Waals surface area contributed by atoms with E-state index in [4.69, 9.17) is 4.42 Å². The Hall–Kier alpha value is -9.38. The second-order valence-electron chi connectivity index (χ2n) is 17.8. The molecule has 0 saturated carbocycles. The van der Waals surface area contributed by atoms with Crippen LogP contribution in [0.15, 0.2) is 277 Å². The van der Waals surface area contributed by atoms with Crippen LogP contribution < -0.4 is 14.7 Å². The van der Waals surface area contributed by atoms with Gasteiger partial charge in [-0.15, -0.1) is 0 Å². The monoisotopic (exact) mass is 895 g/mol. The first-order valence-electron chi connectivity index (χ1n) is 23.8. The zero-order valence-corrected chi connectivity index (χ0v) is 38.2. The van der Waals surface area contributed by atoms with Crippen LogP contribution in [0.4, 0.5) is 51.2 Å². The SMILES string of the molecule is c1ccc(-c2ccc(N(c3ccc(-c4ccccc4)cc3)c3ccc(-c4ccc5c(c4)N(c4ccccc4)c4ccccc4N5c4ccc(-c5ccc6oc7ccccc7c6c5)cc4)cc3)cc2)cc1. The molecule has 1 aliphatic rings. The summed E-state index contributed by atoms with van der Waals surface area (Å²) in [6.07, 6.45) is 0. The molecule has 0 aliphatic carbocycles. The fraction of sp³-hybridized carbons (Fsp3) is 0. The van der Waals surface area contributed by atoms with E-state index < -0.39 is 0 Å². The van der Waals surface area contributed by atoms with Crippen LogP contribution in [0.3, 0.4) is 0 Å². The predicted molar refractivity (Wildman–Crippen MR) is 293 cm³/mol. The van der Waals surface area contributed by atoms with E-state index in [9.17, 15) is 0 Å². The van der Waals surface area contributed by atoms with E-state index in [0.29, 0.717) is 0 Å². The van der Waals surface area contributed by atoms with E-state index >= 15 is 0 Å². The molecule has 0 amide bonds. The molecule has 4 nitrogen and oxygen atoms in total. The van der Waals surface area contributed by atoms with Crippen molar-refractivity contribution >= 4 is 73.1 Å². The summed E-state index contributed by atoms with van der Waals surface area (Å²) in [6, 6.07) is 97.9. The maximum atomic E-state index is 6.15. The molecule has 0 radical (unpaired) electrons. The summed E-state index contributed by atoms with van der Waals surface area (Å²) in [4.78, 5) is 7.14. The number of para-hydroxylation sites is 4. The fourth-order valence-corrected chi connectivity index (χ4v) is 10.1. The molecule has 13 rings (SSSR count). The van der Waals surface area contributed by atoms with Crippen LogP contribution in [0.25, 0.3) is 66.4 Å². The maximum absolute atomic E-state index is 6.15. The Bertz CT molecular complexity index is 3710. The summed E-state index contributed by atoms with van der Waals surface area (Å²) in [7, 11) is 0. The van der Waals surface area contributed by atoms with Crippen LogP contribution >= 0.6 is 0 Å². The van der Waals surface area contributed by atoms with Gasteiger partial charge in [-0.2, -0.15) is 0 Å². The molecule has 0 bridgehead atoms. The van der Waals surface area contributed by atoms with Gasteiger partial charge in [-0.3, -0.25) is 0 Å². The second kappa shape index (κ2) is 17.4. The Morgan fingerprint density at radius 2 is 0.614 bits per heavy atom. The minimum absolute atomic E-state index is 0.901. The Balaban J connectivity index is 0.874. The molecule has 0 fully saturated rings. The van der Waals surface area contributed by atoms with Crippen LogP contribution in [-0.2, 0) is 0 Å². The first-order valence-corrected chi connectivity index (χ1v) is 23.8.